The Balaban J connectivity index is 1.89. The molecule has 0 heteroatoms. The van der Waals surface area contributed by atoms with Crippen molar-refractivity contribution < 1.29 is 0 Å². The van der Waals surface area contributed by atoms with Crippen LogP contribution < -0.4 is 0 Å². The maximum absolute atomic E-state index is 3.38. The quantitative estimate of drug-likeness (QED) is 0.299. The number of unbranched alkanes of at least 4 members (excludes halogenated alkanes) is 4. The molecule has 22 heavy (non-hydrogen) atoms. The van der Waals surface area contributed by atoms with Gasteiger partial charge in [-0.25, -0.2) is 0 Å². The van der Waals surface area contributed by atoms with Crippen molar-refractivity contribution >= 4 is 21.5 Å². The van der Waals surface area contributed by atoms with Crippen molar-refractivity contribution in [3.05, 3.63) is 60.2 Å². The summed E-state index contributed by atoms with van der Waals surface area (Å²) in [5, 5.41) is 5.12. The summed E-state index contributed by atoms with van der Waals surface area (Å²) in [6.45, 7) is 2.24. The lowest BCUT2D eigenvalue weighted by molar-refractivity contribution is 0.679. The smallest absolute Gasteiger partial charge is 0.0323 e. The molecule has 0 saturated carbocycles. The molecule has 0 radical (unpaired) electrons. The Morgan fingerprint density at radius 3 is 2.36 bits per heavy atom. The molecule has 0 amide bonds. The van der Waals surface area contributed by atoms with E-state index in [-0.39, 0.29) is 0 Å². The van der Waals surface area contributed by atoms with Crippen molar-refractivity contribution in [3.8, 4) is 11.8 Å². The molecule has 0 unspecified atom stereocenters. The molecule has 0 bridgehead atoms. The zero-order chi connectivity index (χ0) is 15.2. The number of benzene rings is 3. The molecule has 0 nitrogen and oxygen atoms in total. The summed E-state index contributed by atoms with van der Waals surface area (Å²) in [7, 11) is 0. The molecule has 3 rings (SSSR count). The van der Waals surface area contributed by atoms with Gasteiger partial charge in [0.15, 0.2) is 0 Å². The monoisotopic (exact) mass is 286 g/mol. The van der Waals surface area contributed by atoms with Crippen LogP contribution in [0.5, 0.6) is 0 Å². The van der Waals surface area contributed by atoms with Crippen LogP contribution in [0.1, 0.15) is 44.6 Å². The molecule has 3 aromatic carbocycles. The van der Waals surface area contributed by atoms with Crippen LogP contribution in [0, 0.1) is 11.8 Å². The van der Waals surface area contributed by atoms with Crippen molar-refractivity contribution in [1.29, 1.82) is 0 Å². The lowest BCUT2D eigenvalue weighted by Gasteiger charge is -2.04. The summed E-state index contributed by atoms with van der Waals surface area (Å²) in [6.07, 6.45) is 6.12. The minimum Gasteiger partial charge on any atom is -0.0979 e. The maximum Gasteiger partial charge on any atom is 0.0323 e. The molecule has 0 atom stereocenters. The van der Waals surface area contributed by atoms with E-state index in [1.54, 1.807) is 0 Å². The number of fused-ring (bicyclic) bond motifs is 2. The molecule has 0 aromatic heterocycles. The van der Waals surface area contributed by atoms with E-state index in [1.807, 2.05) is 0 Å². The summed E-state index contributed by atoms with van der Waals surface area (Å²) in [5.74, 6) is 6.73. The molecule has 110 valence electrons. The lowest BCUT2D eigenvalue weighted by Crippen LogP contribution is -1.82. The first-order chi connectivity index (χ1) is 10.9. The van der Waals surface area contributed by atoms with E-state index < -0.39 is 0 Å². The van der Waals surface area contributed by atoms with Crippen molar-refractivity contribution in [2.45, 2.75) is 39.0 Å². The van der Waals surface area contributed by atoms with Crippen LogP contribution in [-0.4, -0.2) is 0 Å². The molecule has 0 spiro atoms. The molecular formula is C22H22. The topological polar surface area (TPSA) is 0 Å². The van der Waals surface area contributed by atoms with E-state index in [4.69, 9.17) is 0 Å². The van der Waals surface area contributed by atoms with Gasteiger partial charge in [-0.3, -0.25) is 0 Å². The van der Waals surface area contributed by atoms with E-state index in [9.17, 15) is 0 Å². The van der Waals surface area contributed by atoms with Gasteiger partial charge in [0.25, 0.3) is 0 Å². The molecule has 0 aliphatic heterocycles. The van der Waals surface area contributed by atoms with Crippen LogP contribution in [0.4, 0.5) is 0 Å². The first-order valence-corrected chi connectivity index (χ1v) is 8.29. The second kappa shape index (κ2) is 7.14. The Kier molecular flexibility index (Phi) is 4.76. The predicted octanol–water partition coefficient (Wildman–Crippen LogP) is 6.31. The van der Waals surface area contributed by atoms with E-state index in [1.165, 1.54) is 47.2 Å². The zero-order valence-corrected chi connectivity index (χ0v) is 13.2. The highest BCUT2D eigenvalue weighted by Gasteiger charge is 2.01. The summed E-state index contributed by atoms with van der Waals surface area (Å²) >= 11 is 0. The van der Waals surface area contributed by atoms with Crippen LogP contribution in [0.3, 0.4) is 0 Å². The highest BCUT2D eigenvalue weighted by Crippen LogP contribution is 2.25. The van der Waals surface area contributed by atoms with Crippen molar-refractivity contribution in [2.75, 3.05) is 0 Å². The van der Waals surface area contributed by atoms with Crippen molar-refractivity contribution in [3.63, 3.8) is 0 Å². The van der Waals surface area contributed by atoms with Gasteiger partial charge in [-0.15, -0.1) is 0 Å². The van der Waals surface area contributed by atoms with Crippen LogP contribution in [-0.2, 0) is 0 Å². The third-order valence-corrected chi connectivity index (χ3v) is 4.13. The van der Waals surface area contributed by atoms with E-state index in [2.05, 4.69) is 73.4 Å². The van der Waals surface area contributed by atoms with Gasteiger partial charge < -0.3 is 0 Å². The summed E-state index contributed by atoms with van der Waals surface area (Å²) in [4.78, 5) is 0. The van der Waals surface area contributed by atoms with Crippen LogP contribution in [0.25, 0.3) is 21.5 Å². The van der Waals surface area contributed by atoms with Gasteiger partial charge >= 0.3 is 0 Å². The number of hydrogen-bond donors (Lipinski definition) is 0. The second-order valence-corrected chi connectivity index (χ2v) is 5.84. The summed E-state index contributed by atoms with van der Waals surface area (Å²) in [6, 6.07) is 19.5. The first-order valence-electron chi connectivity index (χ1n) is 8.29. The van der Waals surface area contributed by atoms with Crippen LogP contribution >= 0.6 is 0 Å². The molecular weight excluding hydrogens is 264 g/mol. The molecule has 0 aliphatic rings. The van der Waals surface area contributed by atoms with Gasteiger partial charge in [0.05, 0.1) is 0 Å². The molecule has 0 heterocycles. The average molecular weight is 286 g/mol. The minimum absolute atomic E-state index is 1.00. The first kappa shape index (κ1) is 14.7. The van der Waals surface area contributed by atoms with Gasteiger partial charge in [0, 0.05) is 12.0 Å². The average Bonchev–Trinajstić information content (AvgIpc) is 2.56. The van der Waals surface area contributed by atoms with E-state index in [0.29, 0.717) is 0 Å². The molecule has 0 fully saturated rings. The van der Waals surface area contributed by atoms with Gasteiger partial charge in [-0.2, -0.15) is 0 Å². The fourth-order valence-corrected chi connectivity index (χ4v) is 2.87. The lowest BCUT2D eigenvalue weighted by atomic mass is 10.00. The minimum atomic E-state index is 1.00. The number of hydrogen-bond acceptors (Lipinski definition) is 0. The maximum atomic E-state index is 3.38. The summed E-state index contributed by atoms with van der Waals surface area (Å²) < 4.78 is 0. The third-order valence-electron chi connectivity index (χ3n) is 4.13. The molecule has 3 aromatic rings. The summed E-state index contributed by atoms with van der Waals surface area (Å²) in [5.41, 5.74) is 1.15. The predicted molar refractivity (Wildman–Crippen MR) is 97.1 cm³/mol. The third kappa shape index (κ3) is 3.31. The van der Waals surface area contributed by atoms with Crippen molar-refractivity contribution in [1.82, 2.24) is 0 Å². The Bertz CT molecular complexity index is 831. The van der Waals surface area contributed by atoms with E-state index in [0.717, 1.165) is 12.0 Å². The van der Waals surface area contributed by atoms with Crippen LogP contribution in [0.2, 0.25) is 0 Å². The SMILES string of the molecule is CCCCCCC#Cc1cccc2cc3ccccc3cc12. The zero-order valence-electron chi connectivity index (χ0n) is 13.2. The largest absolute Gasteiger partial charge is 0.0979 e. The van der Waals surface area contributed by atoms with E-state index >= 15 is 0 Å². The standard InChI is InChI=1S/C22H22/c1-2-3-4-5-6-7-11-18-14-10-15-21-16-19-12-8-9-13-20(19)17-22(18)21/h8-10,12-17H,2-6H2,1H3. The normalized spacial score (nSPS) is 10.6. The van der Waals surface area contributed by atoms with Gasteiger partial charge in [-0.1, -0.05) is 74.4 Å². The van der Waals surface area contributed by atoms with Gasteiger partial charge in [0.1, 0.15) is 0 Å². The van der Waals surface area contributed by atoms with Gasteiger partial charge in [-0.05, 0) is 46.2 Å². The molecule has 0 saturated heterocycles. The highest BCUT2D eigenvalue weighted by molar-refractivity contribution is 6.00. The molecule has 0 aliphatic carbocycles. The second-order valence-electron chi connectivity index (χ2n) is 5.84. The van der Waals surface area contributed by atoms with Crippen molar-refractivity contribution in [2.24, 2.45) is 0 Å². The fourth-order valence-electron chi connectivity index (χ4n) is 2.87. The van der Waals surface area contributed by atoms with Crippen LogP contribution in [0.15, 0.2) is 54.6 Å². The van der Waals surface area contributed by atoms with Gasteiger partial charge in [0.2, 0.25) is 0 Å². The fraction of sp³-hybridized carbons (Fsp3) is 0.273. The highest BCUT2D eigenvalue weighted by atomic mass is 14.0. The Morgan fingerprint density at radius 1 is 0.773 bits per heavy atom. The molecule has 0 N–H and O–H groups in total. The Labute approximate surface area is 133 Å². The Morgan fingerprint density at radius 2 is 1.55 bits per heavy atom. The number of rotatable bonds is 4. The Hall–Kier alpha value is -2.26.